The van der Waals surface area contributed by atoms with E-state index in [1.807, 2.05) is 0 Å². The van der Waals surface area contributed by atoms with Crippen molar-refractivity contribution in [3.63, 3.8) is 0 Å². The molecule has 0 N–H and O–H groups in total. The van der Waals surface area contributed by atoms with Crippen molar-refractivity contribution in [3.05, 3.63) is 0 Å². The number of hydrogen-bond acceptors (Lipinski definition) is 0. The minimum atomic E-state index is 0. The van der Waals surface area contributed by atoms with E-state index in [0.717, 1.165) is 0 Å². The molecule has 0 rings (SSSR count). The third-order valence-corrected chi connectivity index (χ3v) is 0. The van der Waals surface area contributed by atoms with E-state index < -0.39 is 0 Å². The summed E-state index contributed by atoms with van der Waals surface area (Å²) in [5.74, 6) is 0. The molecular formula is CuF3Li. The Balaban J connectivity index is 0. The van der Waals surface area contributed by atoms with Crippen molar-refractivity contribution in [3.8, 4) is 0 Å². The molecule has 0 aliphatic heterocycles. The first-order valence-electron chi connectivity index (χ1n) is 0. The Morgan fingerprint density at radius 3 is 0.600 bits per heavy atom. The summed E-state index contributed by atoms with van der Waals surface area (Å²) < 4.78 is 0. The van der Waals surface area contributed by atoms with Crippen LogP contribution in [0.15, 0.2) is 0 Å². The van der Waals surface area contributed by atoms with E-state index in [9.17, 15) is 0 Å². The predicted octanol–water partition coefficient (Wildman–Crippen LogP) is -12.0. The maximum Gasteiger partial charge on any atom is 2.00 e. The van der Waals surface area contributed by atoms with Crippen LogP contribution < -0.4 is 33.0 Å². The van der Waals surface area contributed by atoms with Gasteiger partial charge < -0.3 is 14.1 Å². The topological polar surface area (TPSA) is 0 Å². The first-order chi connectivity index (χ1) is 0. The number of halogens is 3. The zero-order valence-electron chi connectivity index (χ0n) is 2.44. The largest absolute Gasteiger partial charge is 2.00 e. The molecule has 0 aromatic heterocycles. The van der Waals surface area contributed by atoms with E-state index in [4.69, 9.17) is 0 Å². The van der Waals surface area contributed by atoms with Crippen LogP contribution in [-0.2, 0) is 17.1 Å². The maximum atomic E-state index is 0. The van der Waals surface area contributed by atoms with E-state index in [2.05, 4.69) is 0 Å². The predicted molar refractivity (Wildman–Crippen MR) is 0 cm³/mol. The smallest absolute Gasteiger partial charge is 1.00 e. The van der Waals surface area contributed by atoms with Crippen LogP contribution in [0.2, 0.25) is 0 Å². The van der Waals surface area contributed by atoms with Gasteiger partial charge >= 0.3 is 35.9 Å². The average molecular weight is 127 g/mol. The van der Waals surface area contributed by atoms with Gasteiger partial charge in [0.2, 0.25) is 0 Å². The van der Waals surface area contributed by atoms with Crippen molar-refractivity contribution >= 4 is 0 Å². The first kappa shape index (κ1) is 173. The van der Waals surface area contributed by atoms with Crippen LogP contribution in [-0.4, -0.2) is 0 Å². The molecule has 5 heavy (non-hydrogen) atoms. The zero-order chi connectivity index (χ0) is 0. The second-order valence-electron chi connectivity index (χ2n) is 0. The van der Waals surface area contributed by atoms with Gasteiger partial charge in [0.1, 0.15) is 0 Å². The zero-order valence-corrected chi connectivity index (χ0v) is 3.38. The summed E-state index contributed by atoms with van der Waals surface area (Å²) in [6, 6.07) is 0. The summed E-state index contributed by atoms with van der Waals surface area (Å²) in [6.45, 7) is 0. The molecule has 0 aromatic rings. The Bertz CT molecular complexity index is 6.85. The average Bonchev–Trinajstić information content (AvgIpc) is 0. The molecule has 0 aliphatic carbocycles. The van der Waals surface area contributed by atoms with E-state index in [1.54, 1.807) is 0 Å². The molecule has 0 nitrogen and oxygen atoms in total. The molecule has 0 fully saturated rings. The molecule has 0 aromatic carbocycles. The van der Waals surface area contributed by atoms with Gasteiger partial charge in [0.15, 0.2) is 0 Å². The van der Waals surface area contributed by atoms with Gasteiger partial charge in [0.25, 0.3) is 0 Å². The minimum absolute atomic E-state index is 0. The summed E-state index contributed by atoms with van der Waals surface area (Å²) in [7, 11) is 0. The van der Waals surface area contributed by atoms with Crippen LogP contribution in [0.3, 0.4) is 0 Å². The fraction of sp³-hybridized carbons (Fsp3) is 0. The molecule has 0 heterocycles. The fourth-order valence-corrected chi connectivity index (χ4v) is 0. The molecule has 0 aliphatic rings. The minimum Gasteiger partial charge on any atom is -1.00 e. The summed E-state index contributed by atoms with van der Waals surface area (Å²) in [4.78, 5) is 0. The van der Waals surface area contributed by atoms with Crippen LogP contribution in [0.25, 0.3) is 0 Å². The van der Waals surface area contributed by atoms with Crippen LogP contribution in [0, 0.1) is 0 Å². The van der Waals surface area contributed by atoms with Gasteiger partial charge in [-0.1, -0.05) is 0 Å². The molecule has 33 valence electrons. The second-order valence-corrected chi connectivity index (χ2v) is 0. The SMILES string of the molecule is [Cu+2].[F-].[F-].[F-].[Li+]. The van der Waals surface area contributed by atoms with E-state index in [-0.39, 0.29) is 50.0 Å². The Morgan fingerprint density at radius 2 is 0.600 bits per heavy atom. The molecule has 0 saturated heterocycles. The van der Waals surface area contributed by atoms with Crippen LogP contribution >= 0.6 is 0 Å². The molecule has 0 unspecified atom stereocenters. The van der Waals surface area contributed by atoms with E-state index in [0.29, 0.717) is 0 Å². The molecule has 0 amide bonds. The molecule has 5 heteroatoms. The molecule has 0 bridgehead atoms. The van der Waals surface area contributed by atoms with Crippen molar-refractivity contribution in [1.29, 1.82) is 0 Å². The Labute approximate surface area is 50.4 Å². The van der Waals surface area contributed by atoms with Gasteiger partial charge in [0.05, 0.1) is 0 Å². The summed E-state index contributed by atoms with van der Waals surface area (Å²) in [5.41, 5.74) is 0. The molecule has 0 atom stereocenters. The van der Waals surface area contributed by atoms with Gasteiger partial charge in [0, 0.05) is 0 Å². The van der Waals surface area contributed by atoms with E-state index >= 15 is 0 Å². The van der Waals surface area contributed by atoms with Crippen LogP contribution in [0.4, 0.5) is 0 Å². The third-order valence-electron chi connectivity index (χ3n) is 0. The third kappa shape index (κ3) is 50.4. The quantitative estimate of drug-likeness (QED) is 0.284. The standard InChI is InChI=1S/Cu.3FH.Li/h;3*1H;/q+2;;;;+1/p-3. The van der Waals surface area contributed by atoms with Crippen LogP contribution in [0.1, 0.15) is 0 Å². The van der Waals surface area contributed by atoms with Crippen molar-refractivity contribution in [2.75, 3.05) is 0 Å². The van der Waals surface area contributed by atoms with Gasteiger partial charge in [-0.05, 0) is 0 Å². The van der Waals surface area contributed by atoms with Crippen LogP contribution in [0.5, 0.6) is 0 Å². The Morgan fingerprint density at radius 1 is 0.600 bits per heavy atom. The van der Waals surface area contributed by atoms with Crippen molar-refractivity contribution < 1.29 is 50.0 Å². The van der Waals surface area contributed by atoms with Gasteiger partial charge in [-0.25, -0.2) is 0 Å². The molecule has 0 saturated carbocycles. The van der Waals surface area contributed by atoms with Gasteiger partial charge in [-0.3, -0.25) is 0 Å². The van der Waals surface area contributed by atoms with Crippen molar-refractivity contribution in [2.45, 2.75) is 0 Å². The van der Waals surface area contributed by atoms with Gasteiger partial charge in [-0.15, -0.1) is 0 Å². The number of rotatable bonds is 0. The van der Waals surface area contributed by atoms with Gasteiger partial charge in [-0.2, -0.15) is 0 Å². The summed E-state index contributed by atoms with van der Waals surface area (Å²) in [6.07, 6.45) is 0. The molecule has 1 radical (unpaired) electrons. The van der Waals surface area contributed by atoms with E-state index in [1.165, 1.54) is 0 Å². The number of hydrogen-bond donors (Lipinski definition) is 0. The van der Waals surface area contributed by atoms with Crippen molar-refractivity contribution in [1.82, 2.24) is 0 Å². The second kappa shape index (κ2) is 91.1. The molecular weight excluding hydrogens is 127 g/mol. The summed E-state index contributed by atoms with van der Waals surface area (Å²) >= 11 is 0. The summed E-state index contributed by atoms with van der Waals surface area (Å²) in [5, 5.41) is 0. The normalized spacial score (nSPS) is 0. The molecule has 0 spiro atoms. The Hall–Kier alpha value is 0.907. The fourth-order valence-electron chi connectivity index (χ4n) is 0. The van der Waals surface area contributed by atoms with Crippen molar-refractivity contribution in [2.24, 2.45) is 0 Å². The monoisotopic (exact) mass is 127 g/mol. The Kier molecular flexibility index (Phi) is 3150. The first-order valence-corrected chi connectivity index (χ1v) is 0. The maximum absolute atomic E-state index is 0.